The molecule has 0 aliphatic heterocycles. The summed E-state index contributed by atoms with van der Waals surface area (Å²) in [5, 5.41) is 11.9. The van der Waals surface area contributed by atoms with Gasteiger partial charge in [-0.25, -0.2) is 4.99 Å². The predicted molar refractivity (Wildman–Crippen MR) is 130 cm³/mol. The lowest BCUT2D eigenvalue weighted by molar-refractivity contribution is -0.116. The molecule has 166 valence electrons. The Hall–Kier alpha value is -4.26. The van der Waals surface area contributed by atoms with Crippen LogP contribution in [0.4, 0.5) is 11.4 Å². The van der Waals surface area contributed by atoms with Crippen LogP contribution >= 0.6 is 0 Å². The fourth-order valence-corrected chi connectivity index (χ4v) is 3.80. The zero-order valence-corrected chi connectivity index (χ0v) is 18.9. The molecule has 1 N–H and O–H groups in total. The molecule has 0 unspecified atom stereocenters. The van der Waals surface area contributed by atoms with Gasteiger partial charge >= 0.3 is 0 Å². The number of rotatable bonds is 4. The molecule has 7 nitrogen and oxygen atoms in total. The van der Waals surface area contributed by atoms with Crippen LogP contribution in [0.15, 0.2) is 71.9 Å². The molecule has 0 bridgehead atoms. The van der Waals surface area contributed by atoms with E-state index in [2.05, 4.69) is 4.98 Å². The Kier molecular flexibility index (Phi) is 5.79. The van der Waals surface area contributed by atoms with Gasteiger partial charge in [0, 0.05) is 49.4 Å². The summed E-state index contributed by atoms with van der Waals surface area (Å²) < 4.78 is 1.26. The van der Waals surface area contributed by atoms with Crippen LogP contribution in [-0.2, 0) is 4.79 Å². The number of aryl methyl sites for hydroxylation is 1. The molecule has 0 spiro atoms. The SMILES string of the molecule is CC(=O)N(C)c1ccc2c(c1)c(C(=Nc1ccnc(C)c1)c1ccccc1)c(O)n2C(C)=O. The van der Waals surface area contributed by atoms with Gasteiger partial charge in [0.2, 0.25) is 17.7 Å². The number of aromatic hydroxyl groups is 1. The molecule has 2 aromatic carbocycles. The molecule has 0 atom stereocenters. The summed E-state index contributed by atoms with van der Waals surface area (Å²) in [5.74, 6) is -0.660. The fraction of sp³-hybridized carbons (Fsp3) is 0.154. The zero-order valence-electron chi connectivity index (χ0n) is 18.9. The van der Waals surface area contributed by atoms with Gasteiger partial charge in [-0.2, -0.15) is 0 Å². The van der Waals surface area contributed by atoms with Gasteiger partial charge in [-0.05, 0) is 37.3 Å². The second kappa shape index (κ2) is 8.70. The Morgan fingerprint density at radius 2 is 1.76 bits per heavy atom. The average molecular weight is 441 g/mol. The van der Waals surface area contributed by atoms with E-state index in [0.717, 1.165) is 11.3 Å². The number of amides is 1. The number of nitrogens with zero attached hydrogens (tertiary/aromatic N) is 4. The number of pyridine rings is 1. The molecule has 1 amide bonds. The van der Waals surface area contributed by atoms with Crippen molar-refractivity contribution in [1.82, 2.24) is 9.55 Å². The largest absolute Gasteiger partial charge is 0.494 e. The van der Waals surface area contributed by atoms with Gasteiger partial charge in [0.05, 0.1) is 22.5 Å². The van der Waals surface area contributed by atoms with Crippen LogP contribution in [0.2, 0.25) is 0 Å². The summed E-state index contributed by atoms with van der Waals surface area (Å²) in [7, 11) is 1.68. The molecular weight excluding hydrogens is 416 g/mol. The molecule has 0 aliphatic rings. The van der Waals surface area contributed by atoms with E-state index < -0.39 is 0 Å². The van der Waals surface area contributed by atoms with E-state index in [9.17, 15) is 14.7 Å². The highest BCUT2D eigenvalue weighted by Crippen LogP contribution is 2.36. The van der Waals surface area contributed by atoms with Gasteiger partial charge in [-0.1, -0.05) is 30.3 Å². The van der Waals surface area contributed by atoms with Gasteiger partial charge < -0.3 is 10.0 Å². The molecule has 4 aromatic rings. The third kappa shape index (κ3) is 4.13. The number of carbonyl (C=O) groups excluding carboxylic acids is 2. The van der Waals surface area contributed by atoms with Gasteiger partial charge in [-0.15, -0.1) is 0 Å². The number of fused-ring (bicyclic) bond motifs is 1. The minimum absolute atomic E-state index is 0.129. The maximum Gasteiger partial charge on any atom is 0.230 e. The lowest BCUT2D eigenvalue weighted by Crippen LogP contribution is -2.22. The first-order valence-electron chi connectivity index (χ1n) is 10.5. The van der Waals surface area contributed by atoms with Crippen molar-refractivity contribution in [3.05, 3.63) is 83.7 Å². The molecule has 2 heterocycles. The van der Waals surface area contributed by atoms with Gasteiger partial charge in [0.15, 0.2) is 0 Å². The number of anilines is 1. The highest BCUT2D eigenvalue weighted by atomic mass is 16.3. The normalized spacial score (nSPS) is 11.6. The molecule has 4 rings (SSSR count). The highest BCUT2D eigenvalue weighted by molar-refractivity contribution is 6.23. The lowest BCUT2D eigenvalue weighted by Gasteiger charge is -2.15. The maximum atomic E-state index is 12.5. The van der Waals surface area contributed by atoms with Crippen LogP contribution in [0.25, 0.3) is 10.9 Å². The van der Waals surface area contributed by atoms with Crippen LogP contribution in [-0.4, -0.2) is 39.2 Å². The monoisotopic (exact) mass is 440 g/mol. The highest BCUT2D eigenvalue weighted by Gasteiger charge is 2.25. The number of hydrogen-bond acceptors (Lipinski definition) is 5. The number of aliphatic imine (C=N–C) groups is 1. The molecule has 2 aromatic heterocycles. The van der Waals surface area contributed by atoms with Crippen LogP contribution in [0, 0.1) is 6.92 Å². The van der Waals surface area contributed by atoms with Crippen molar-refractivity contribution in [3.8, 4) is 5.88 Å². The van der Waals surface area contributed by atoms with Crippen LogP contribution < -0.4 is 4.90 Å². The number of hydrogen-bond donors (Lipinski definition) is 1. The molecule has 0 aliphatic carbocycles. The first-order chi connectivity index (χ1) is 15.8. The minimum Gasteiger partial charge on any atom is -0.494 e. The summed E-state index contributed by atoms with van der Waals surface area (Å²) in [5.41, 5.74) is 4.35. The van der Waals surface area contributed by atoms with Crippen molar-refractivity contribution in [2.75, 3.05) is 11.9 Å². The van der Waals surface area contributed by atoms with Crippen molar-refractivity contribution >= 4 is 39.8 Å². The molecule has 7 heteroatoms. The number of carbonyl (C=O) groups is 2. The minimum atomic E-state index is -0.330. The third-order valence-corrected chi connectivity index (χ3v) is 5.51. The predicted octanol–water partition coefficient (Wildman–Crippen LogP) is 4.86. The number of aromatic nitrogens is 2. The Labute approximate surface area is 191 Å². The van der Waals surface area contributed by atoms with E-state index in [0.29, 0.717) is 33.6 Å². The summed E-state index contributed by atoms with van der Waals surface area (Å²) in [6.07, 6.45) is 1.68. The Bertz CT molecular complexity index is 1400. The summed E-state index contributed by atoms with van der Waals surface area (Å²) in [6, 6.07) is 18.4. The summed E-state index contributed by atoms with van der Waals surface area (Å²) in [6.45, 7) is 4.75. The second-order valence-electron chi connectivity index (χ2n) is 7.81. The summed E-state index contributed by atoms with van der Waals surface area (Å²) >= 11 is 0. The zero-order chi connectivity index (χ0) is 23.7. The van der Waals surface area contributed by atoms with E-state index in [1.807, 2.05) is 43.3 Å². The third-order valence-electron chi connectivity index (χ3n) is 5.51. The van der Waals surface area contributed by atoms with E-state index in [1.54, 1.807) is 37.5 Å². The molecule has 0 fully saturated rings. The van der Waals surface area contributed by atoms with Gasteiger partial charge in [0.25, 0.3) is 0 Å². The fourth-order valence-electron chi connectivity index (χ4n) is 3.80. The standard InChI is InChI=1S/C26H24N4O3/c1-16-14-20(12-13-27-16)28-25(19-8-6-5-7-9-19)24-22-15-21(29(4)17(2)31)10-11-23(22)30(18(3)32)26(24)33/h5-15,33H,1-4H3. The van der Waals surface area contributed by atoms with Crippen molar-refractivity contribution in [2.24, 2.45) is 4.99 Å². The average Bonchev–Trinajstić information content (AvgIpc) is 3.08. The van der Waals surface area contributed by atoms with Crippen LogP contribution in [0.3, 0.4) is 0 Å². The molecule has 0 saturated heterocycles. The Morgan fingerprint density at radius 1 is 1.03 bits per heavy atom. The first kappa shape index (κ1) is 22.0. The van der Waals surface area contributed by atoms with Gasteiger partial charge in [0.1, 0.15) is 0 Å². The maximum absolute atomic E-state index is 12.5. The number of benzene rings is 2. The molecule has 0 radical (unpaired) electrons. The van der Waals surface area contributed by atoms with Crippen molar-refractivity contribution < 1.29 is 14.7 Å². The second-order valence-corrected chi connectivity index (χ2v) is 7.81. The van der Waals surface area contributed by atoms with Crippen LogP contribution in [0.1, 0.15) is 35.5 Å². The molecule has 33 heavy (non-hydrogen) atoms. The van der Waals surface area contributed by atoms with Crippen LogP contribution in [0.5, 0.6) is 5.88 Å². The lowest BCUT2D eigenvalue weighted by atomic mass is 10.0. The molecule has 0 saturated carbocycles. The Balaban J connectivity index is 2.08. The summed E-state index contributed by atoms with van der Waals surface area (Å²) in [4.78, 5) is 35.0. The first-order valence-corrected chi connectivity index (χ1v) is 10.5. The smallest absolute Gasteiger partial charge is 0.230 e. The van der Waals surface area contributed by atoms with Crippen molar-refractivity contribution in [1.29, 1.82) is 0 Å². The quantitative estimate of drug-likeness (QED) is 0.459. The van der Waals surface area contributed by atoms with E-state index in [1.165, 1.54) is 23.3 Å². The van der Waals surface area contributed by atoms with E-state index >= 15 is 0 Å². The van der Waals surface area contributed by atoms with Crippen molar-refractivity contribution in [2.45, 2.75) is 20.8 Å². The van der Waals surface area contributed by atoms with E-state index in [-0.39, 0.29) is 17.7 Å². The molecular formula is C26H24N4O3. The topological polar surface area (TPSA) is 87.8 Å². The van der Waals surface area contributed by atoms with Crippen molar-refractivity contribution in [3.63, 3.8) is 0 Å². The van der Waals surface area contributed by atoms with E-state index in [4.69, 9.17) is 4.99 Å². The Morgan fingerprint density at radius 3 is 2.39 bits per heavy atom. The van der Waals surface area contributed by atoms with Gasteiger partial charge in [-0.3, -0.25) is 19.1 Å².